The number of aliphatic carboxylic acids is 1. The van der Waals surface area contributed by atoms with Crippen LogP contribution < -0.4 is 5.32 Å². The van der Waals surface area contributed by atoms with Crippen LogP contribution in [0.15, 0.2) is 11.6 Å². The lowest BCUT2D eigenvalue weighted by Gasteiger charge is -2.23. The average molecular weight is 256 g/mol. The highest BCUT2D eigenvalue weighted by atomic mass is 16.4. The Bertz CT molecular complexity index is 263. The van der Waals surface area contributed by atoms with Crippen LogP contribution in [-0.4, -0.2) is 49.2 Å². The second-order valence-corrected chi connectivity index (χ2v) is 5.39. The highest BCUT2D eigenvalue weighted by Crippen LogP contribution is 2.06. The van der Waals surface area contributed by atoms with E-state index < -0.39 is 5.97 Å². The fourth-order valence-electron chi connectivity index (χ4n) is 1.96. The van der Waals surface area contributed by atoms with Gasteiger partial charge in [0, 0.05) is 24.7 Å². The second-order valence-electron chi connectivity index (χ2n) is 5.39. The molecule has 0 amide bonds. The van der Waals surface area contributed by atoms with E-state index in [9.17, 15) is 4.79 Å². The van der Waals surface area contributed by atoms with Crippen molar-refractivity contribution in [3.8, 4) is 0 Å². The number of carboxylic acids is 1. The first-order valence-electron chi connectivity index (χ1n) is 6.67. The molecular formula is C14H28N2O2. The summed E-state index contributed by atoms with van der Waals surface area (Å²) in [7, 11) is 4.11. The molecule has 0 aliphatic heterocycles. The van der Waals surface area contributed by atoms with Crippen molar-refractivity contribution < 1.29 is 9.90 Å². The summed E-state index contributed by atoms with van der Waals surface area (Å²) in [5.74, 6) is -0.177. The predicted molar refractivity (Wildman–Crippen MR) is 75.8 cm³/mol. The standard InChI is InChI=1S/C14H28N2O2/c1-6-12(14(17)18)7-8-15-13(9-11(2)3)10-16(4)5/h7,11,13,15H,6,8-10H2,1-5H3,(H,17,18). The maximum absolute atomic E-state index is 10.9. The van der Waals surface area contributed by atoms with Crippen LogP contribution in [0, 0.1) is 5.92 Å². The van der Waals surface area contributed by atoms with E-state index in [1.54, 1.807) is 6.08 Å². The molecular weight excluding hydrogens is 228 g/mol. The van der Waals surface area contributed by atoms with Gasteiger partial charge in [0.15, 0.2) is 0 Å². The molecule has 4 heteroatoms. The van der Waals surface area contributed by atoms with Crippen LogP contribution in [0.5, 0.6) is 0 Å². The van der Waals surface area contributed by atoms with Gasteiger partial charge in [0.1, 0.15) is 0 Å². The maximum atomic E-state index is 10.9. The topological polar surface area (TPSA) is 52.6 Å². The van der Waals surface area contributed by atoms with Crippen molar-refractivity contribution in [2.24, 2.45) is 5.92 Å². The lowest BCUT2D eigenvalue weighted by atomic mass is 10.0. The Morgan fingerprint density at radius 3 is 2.39 bits per heavy atom. The summed E-state index contributed by atoms with van der Waals surface area (Å²) in [4.78, 5) is 13.0. The number of likely N-dealkylation sites (N-methyl/N-ethyl adjacent to an activating group) is 1. The largest absolute Gasteiger partial charge is 0.478 e. The SMILES string of the molecule is CCC(=CCNC(CC(C)C)CN(C)C)C(=O)O. The Kier molecular flexibility index (Phi) is 8.67. The summed E-state index contributed by atoms with van der Waals surface area (Å²) in [6.45, 7) is 7.87. The number of nitrogens with zero attached hydrogens (tertiary/aromatic N) is 1. The third-order valence-corrected chi connectivity index (χ3v) is 2.75. The summed E-state index contributed by atoms with van der Waals surface area (Å²) in [5.41, 5.74) is 0.482. The molecule has 1 atom stereocenters. The van der Waals surface area contributed by atoms with Crippen LogP contribution in [0.4, 0.5) is 0 Å². The normalized spacial score (nSPS) is 14.3. The van der Waals surface area contributed by atoms with Crippen LogP contribution in [0.3, 0.4) is 0 Å². The van der Waals surface area contributed by atoms with E-state index in [1.807, 2.05) is 6.92 Å². The zero-order valence-electron chi connectivity index (χ0n) is 12.4. The van der Waals surface area contributed by atoms with E-state index >= 15 is 0 Å². The number of rotatable bonds is 9. The molecule has 0 radical (unpaired) electrons. The Hall–Kier alpha value is -0.870. The van der Waals surface area contributed by atoms with Gasteiger partial charge in [-0.15, -0.1) is 0 Å². The Balaban J connectivity index is 4.28. The maximum Gasteiger partial charge on any atom is 0.331 e. The van der Waals surface area contributed by atoms with Crippen molar-refractivity contribution in [3.63, 3.8) is 0 Å². The molecule has 0 aliphatic carbocycles. The monoisotopic (exact) mass is 256 g/mol. The minimum atomic E-state index is -0.813. The molecule has 0 heterocycles. The molecule has 0 bridgehead atoms. The fourth-order valence-corrected chi connectivity index (χ4v) is 1.96. The molecule has 0 aromatic heterocycles. The minimum absolute atomic E-state index is 0.406. The van der Waals surface area contributed by atoms with Gasteiger partial charge >= 0.3 is 5.97 Å². The van der Waals surface area contributed by atoms with Gasteiger partial charge < -0.3 is 15.3 Å². The van der Waals surface area contributed by atoms with Gasteiger partial charge in [0.2, 0.25) is 0 Å². The molecule has 0 rings (SSSR count). The lowest BCUT2D eigenvalue weighted by Crippen LogP contribution is -2.39. The minimum Gasteiger partial charge on any atom is -0.478 e. The third-order valence-electron chi connectivity index (χ3n) is 2.75. The molecule has 0 spiro atoms. The lowest BCUT2D eigenvalue weighted by molar-refractivity contribution is -0.132. The molecule has 0 aromatic rings. The van der Waals surface area contributed by atoms with Gasteiger partial charge in [-0.1, -0.05) is 26.8 Å². The Morgan fingerprint density at radius 1 is 1.39 bits per heavy atom. The molecule has 0 saturated carbocycles. The summed E-state index contributed by atoms with van der Waals surface area (Å²) in [6.07, 6.45) is 3.45. The first kappa shape index (κ1) is 17.1. The van der Waals surface area contributed by atoms with Gasteiger partial charge in [0.25, 0.3) is 0 Å². The molecule has 2 N–H and O–H groups in total. The molecule has 106 valence electrons. The van der Waals surface area contributed by atoms with Crippen molar-refractivity contribution in [2.45, 2.75) is 39.7 Å². The quantitative estimate of drug-likeness (QED) is 0.619. The van der Waals surface area contributed by atoms with E-state index in [-0.39, 0.29) is 0 Å². The Labute approximate surface area is 111 Å². The number of nitrogens with one attached hydrogen (secondary N) is 1. The van der Waals surface area contributed by atoms with Crippen LogP contribution >= 0.6 is 0 Å². The smallest absolute Gasteiger partial charge is 0.331 e. The summed E-state index contributed by atoms with van der Waals surface area (Å²) in [6, 6.07) is 0.406. The van der Waals surface area contributed by atoms with Crippen molar-refractivity contribution in [1.82, 2.24) is 10.2 Å². The second kappa shape index (κ2) is 9.11. The zero-order chi connectivity index (χ0) is 14.1. The molecule has 18 heavy (non-hydrogen) atoms. The average Bonchev–Trinajstić information content (AvgIpc) is 2.21. The van der Waals surface area contributed by atoms with Crippen LogP contribution in [0.1, 0.15) is 33.6 Å². The van der Waals surface area contributed by atoms with Crippen molar-refractivity contribution in [1.29, 1.82) is 0 Å². The highest BCUT2D eigenvalue weighted by molar-refractivity contribution is 5.86. The molecule has 0 aliphatic rings. The first-order valence-corrected chi connectivity index (χ1v) is 6.67. The number of hydrogen-bond acceptors (Lipinski definition) is 3. The molecule has 4 nitrogen and oxygen atoms in total. The first-order chi connectivity index (χ1) is 8.36. The van der Waals surface area contributed by atoms with Gasteiger partial charge in [-0.3, -0.25) is 0 Å². The predicted octanol–water partition coefficient (Wildman–Crippen LogP) is 1.97. The van der Waals surface area contributed by atoms with E-state index in [0.717, 1.165) is 13.0 Å². The molecule has 0 saturated heterocycles. The number of hydrogen-bond donors (Lipinski definition) is 2. The van der Waals surface area contributed by atoms with Gasteiger partial charge in [-0.2, -0.15) is 0 Å². The Morgan fingerprint density at radius 2 is 2.00 bits per heavy atom. The van der Waals surface area contributed by atoms with E-state index in [1.165, 1.54) is 0 Å². The molecule has 0 fully saturated rings. The van der Waals surface area contributed by atoms with Crippen molar-refractivity contribution in [2.75, 3.05) is 27.2 Å². The summed E-state index contributed by atoms with van der Waals surface area (Å²) in [5, 5.41) is 12.3. The van der Waals surface area contributed by atoms with Crippen molar-refractivity contribution >= 4 is 5.97 Å². The van der Waals surface area contributed by atoms with E-state index in [4.69, 9.17) is 5.11 Å². The number of carboxylic acid groups (broad SMARTS) is 1. The molecule has 1 unspecified atom stereocenters. The number of carbonyl (C=O) groups is 1. The fraction of sp³-hybridized carbons (Fsp3) is 0.786. The van der Waals surface area contributed by atoms with Crippen LogP contribution in [-0.2, 0) is 4.79 Å². The van der Waals surface area contributed by atoms with Gasteiger partial charge in [-0.25, -0.2) is 4.79 Å². The highest BCUT2D eigenvalue weighted by Gasteiger charge is 2.11. The molecule has 0 aromatic carbocycles. The zero-order valence-corrected chi connectivity index (χ0v) is 12.4. The van der Waals surface area contributed by atoms with Gasteiger partial charge in [0.05, 0.1) is 0 Å². The summed E-state index contributed by atoms with van der Waals surface area (Å²) >= 11 is 0. The van der Waals surface area contributed by atoms with Crippen LogP contribution in [0.2, 0.25) is 0 Å². The van der Waals surface area contributed by atoms with E-state index in [2.05, 4.69) is 38.2 Å². The summed E-state index contributed by atoms with van der Waals surface area (Å²) < 4.78 is 0. The van der Waals surface area contributed by atoms with Gasteiger partial charge in [-0.05, 0) is 32.9 Å². The third kappa shape index (κ3) is 8.25. The van der Waals surface area contributed by atoms with Crippen LogP contribution in [0.25, 0.3) is 0 Å². The van der Waals surface area contributed by atoms with Crippen molar-refractivity contribution in [3.05, 3.63) is 11.6 Å². The van der Waals surface area contributed by atoms with E-state index in [0.29, 0.717) is 30.5 Å².